The fourth-order valence-electron chi connectivity index (χ4n) is 7.08. The zero-order valence-corrected chi connectivity index (χ0v) is 28.5. The molecule has 0 radical (unpaired) electrons. The number of pyridine rings is 1. The number of halogens is 6. The van der Waals surface area contributed by atoms with Gasteiger partial charge in [0.05, 0.1) is 21.6 Å². The largest absolute Gasteiger partial charge is 0.417 e. The number of hydrogen-bond donors (Lipinski definition) is 0. The number of carbonyl (C=O) groups is 1. The minimum absolute atomic E-state index is 0.0245. The van der Waals surface area contributed by atoms with Gasteiger partial charge in [-0.3, -0.25) is 9.36 Å². The van der Waals surface area contributed by atoms with Crippen LogP contribution in [0.4, 0.5) is 27.8 Å². The summed E-state index contributed by atoms with van der Waals surface area (Å²) in [5, 5.41) is 0.898. The number of rotatable bonds is 4. The van der Waals surface area contributed by atoms with Crippen LogP contribution in [0.25, 0.3) is 33.1 Å². The summed E-state index contributed by atoms with van der Waals surface area (Å²) < 4.78 is 78.4. The van der Waals surface area contributed by atoms with Crippen LogP contribution in [-0.4, -0.2) is 60.8 Å². The highest BCUT2D eigenvalue weighted by atomic mass is 79.9. The molecule has 0 aliphatic carbocycles. The summed E-state index contributed by atoms with van der Waals surface area (Å²) in [4.78, 5) is 39.0. The number of thioether (sulfide) groups is 1. The van der Waals surface area contributed by atoms with Crippen LogP contribution in [-0.2, 0) is 17.5 Å². The number of amides is 1. The minimum Gasteiger partial charge on any atom is -0.352 e. The number of alkyl halides is 3. The molecule has 1 amide bonds. The molecule has 8 nitrogen and oxygen atoms in total. The van der Waals surface area contributed by atoms with E-state index in [-0.39, 0.29) is 69.5 Å². The van der Waals surface area contributed by atoms with Crippen LogP contribution in [0.5, 0.6) is 0 Å². The number of piperazine rings is 1. The highest BCUT2D eigenvalue weighted by Crippen LogP contribution is 2.50. The molecule has 254 valence electrons. The predicted octanol–water partition coefficient (Wildman–Crippen LogP) is 7.43. The Bertz CT molecular complexity index is 2230. The molecular formula is C34H28BrF5N6O2S. The molecule has 1 saturated heterocycles. The van der Waals surface area contributed by atoms with Crippen molar-refractivity contribution < 1.29 is 26.7 Å². The Morgan fingerprint density at radius 2 is 1.82 bits per heavy atom. The van der Waals surface area contributed by atoms with Gasteiger partial charge in [0, 0.05) is 82.7 Å². The lowest BCUT2D eigenvalue weighted by molar-refractivity contribution is -0.137. The number of carbonyl (C=O) groups excluding carboxylic acids is 1. The van der Waals surface area contributed by atoms with Crippen molar-refractivity contribution >= 4 is 61.4 Å². The second kappa shape index (κ2) is 12.3. The molecule has 7 rings (SSSR count). The van der Waals surface area contributed by atoms with Crippen LogP contribution in [0.15, 0.2) is 75.6 Å². The third-order valence-electron chi connectivity index (χ3n) is 9.11. The van der Waals surface area contributed by atoms with Gasteiger partial charge >= 0.3 is 11.9 Å². The Balaban J connectivity index is 1.51. The lowest BCUT2D eigenvalue weighted by Crippen LogP contribution is -2.58. The van der Waals surface area contributed by atoms with Crippen molar-refractivity contribution in [1.82, 2.24) is 24.0 Å². The van der Waals surface area contributed by atoms with E-state index in [0.717, 1.165) is 29.3 Å². The molecule has 2 aliphatic heterocycles. The van der Waals surface area contributed by atoms with E-state index < -0.39 is 46.2 Å². The molecule has 1 unspecified atom stereocenters. The Morgan fingerprint density at radius 1 is 1.08 bits per heavy atom. The maximum Gasteiger partial charge on any atom is 0.417 e. The summed E-state index contributed by atoms with van der Waals surface area (Å²) in [6, 6.07) is 6.74. The second-order valence-corrected chi connectivity index (χ2v) is 14.1. The van der Waals surface area contributed by atoms with E-state index in [1.807, 2.05) is 22.9 Å². The number of anilines is 1. The van der Waals surface area contributed by atoms with Gasteiger partial charge in [0.15, 0.2) is 0 Å². The van der Waals surface area contributed by atoms with Crippen molar-refractivity contribution in [1.29, 1.82) is 0 Å². The zero-order valence-electron chi connectivity index (χ0n) is 26.1. The molecule has 0 N–H and O–H groups in total. The first kappa shape index (κ1) is 33.3. The highest BCUT2D eigenvalue weighted by molar-refractivity contribution is 9.10. The maximum atomic E-state index is 15.6. The first-order chi connectivity index (χ1) is 23.3. The monoisotopic (exact) mass is 758 g/mol. The molecule has 49 heavy (non-hydrogen) atoms. The molecule has 2 aromatic carbocycles. The van der Waals surface area contributed by atoms with Gasteiger partial charge < -0.3 is 14.4 Å². The zero-order chi connectivity index (χ0) is 34.9. The predicted molar refractivity (Wildman–Crippen MR) is 182 cm³/mol. The topological polar surface area (TPSA) is 76.3 Å². The van der Waals surface area contributed by atoms with Gasteiger partial charge in [0.2, 0.25) is 5.91 Å². The maximum absolute atomic E-state index is 15.6. The Morgan fingerprint density at radius 3 is 2.51 bits per heavy atom. The van der Waals surface area contributed by atoms with Crippen molar-refractivity contribution in [2.75, 3.05) is 23.7 Å². The SMILES string of the molecule is C=CC(=O)N1[C@H](C)CN(c2nc(=O)n3c4c(c(-c5cc(Br)c(F)cc5F)c(C(F)(F)F)cc24)SCC(n2ccc4cccnc42)C3)C[C@@H]1C. The van der Waals surface area contributed by atoms with Crippen LogP contribution < -0.4 is 10.6 Å². The van der Waals surface area contributed by atoms with Gasteiger partial charge in [-0.2, -0.15) is 18.2 Å². The number of benzene rings is 2. The lowest BCUT2D eigenvalue weighted by Gasteiger charge is -2.44. The number of fused-ring (bicyclic) bond motifs is 1. The van der Waals surface area contributed by atoms with E-state index in [4.69, 9.17) is 0 Å². The average Bonchev–Trinajstić information content (AvgIpc) is 3.37. The third kappa shape index (κ3) is 5.60. The minimum atomic E-state index is -4.98. The summed E-state index contributed by atoms with van der Waals surface area (Å²) in [6.45, 7) is 7.59. The summed E-state index contributed by atoms with van der Waals surface area (Å²) in [7, 11) is 0. The number of hydrogen-bond acceptors (Lipinski definition) is 6. The Hall–Kier alpha value is -4.24. The van der Waals surface area contributed by atoms with Crippen LogP contribution >= 0.6 is 27.7 Å². The van der Waals surface area contributed by atoms with Crippen LogP contribution in [0, 0.1) is 11.6 Å². The number of nitrogens with zero attached hydrogens (tertiary/aromatic N) is 6. The van der Waals surface area contributed by atoms with Gasteiger partial charge in [-0.25, -0.2) is 18.6 Å². The molecule has 2 aliphatic rings. The normalized spacial score (nSPS) is 19.8. The second-order valence-electron chi connectivity index (χ2n) is 12.3. The summed E-state index contributed by atoms with van der Waals surface area (Å²) in [5.74, 6) is -2.21. The molecule has 3 aromatic heterocycles. The fourth-order valence-corrected chi connectivity index (χ4v) is 8.77. The number of aromatic nitrogens is 4. The molecule has 3 atom stereocenters. The fraction of sp³-hybridized carbons (Fsp3) is 0.294. The molecule has 0 saturated carbocycles. The quantitative estimate of drug-likeness (QED) is 0.108. The molecule has 15 heteroatoms. The van der Waals surface area contributed by atoms with E-state index in [0.29, 0.717) is 11.7 Å². The standard InChI is InChI=1S/C34H28BrF5N6O2S/c1-4-27(47)46-17(2)13-43(14-18(46)3)32-22-10-23(34(38,39)40)28(21-11-24(35)26(37)12-25(21)36)30-29(22)45(33(48)42-32)15-20(16-49-30)44-9-7-19-6-5-8-41-31(19)44/h4-12,17-18,20H,1,13-16H2,2-3H3/t17-,18+,20?. The highest BCUT2D eigenvalue weighted by Gasteiger charge is 2.40. The smallest absolute Gasteiger partial charge is 0.352 e. The van der Waals surface area contributed by atoms with Gasteiger partial charge in [-0.15, -0.1) is 11.8 Å². The molecule has 0 bridgehead atoms. The summed E-state index contributed by atoms with van der Waals surface area (Å²) >= 11 is 4.08. The molecule has 1 fully saturated rings. The van der Waals surface area contributed by atoms with Crippen LogP contribution in [0.2, 0.25) is 0 Å². The Labute approximate surface area is 289 Å². The van der Waals surface area contributed by atoms with E-state index in [9.17, 15) is 14.0 Å². The molecule has 5 aromatic rings. The van der Waals surface area contributed by atoms with E-state index >= 15 is 17.6 Å². The average molecular weight is 760 g/mol. The lowest BCUT2D eigenvalue weighted by atomic mass is 9.95. The molecule has 5 heterocycles. The van der Waals surface area contributed by atoms with Gasteiger partial charge in [0.25, 0.3) is 0 Å². The van der Waals surface area contributed by atoms with Gasteiger partial charge in [-0.05, 0) is 66.2 Å². The van der Waals surface area contributed by atoms with E-state index in [2.05, 4.69) is 32.5 Å². The van der Waals surface area contributed by atoms with Crippen LogP contribution in [0.1, 0.15) is 25.5 Å². The van der Waals surface area contributed by atoms with Crippen molar-refractivity contribution in [2.24, 2.45) is 0 Å². The first-order valence-electron chi connectivity index (χ1n) is 15.4. The molecule has 0 spiro atoms. The third-order valence-corrected chi connectivity index (χ3v) is 11.0. The first-order valence-corrected chi connectivity index (χ1v) is 17.1. The van der Waals surface area contributed by atoms with Crippen molar-refractivity contribution in [3.05, 3.63) is 93.6 Å². The Kier molecular flexibility index (Phi) is 8.33. The van der Waals surface area contributed by atoms with E-state index in [1.54, 1.807) is 35.9 Å². The molecular weight excluding hydrogens is 731 g/mol. The van der Waals surface area contributed by atoms with Crippen LogP contribution in [0.3, 0.4) is 0 Å². The van der Waals surface area contributed by atoms with Crippen molar-refractivity contribution in [3.8, 4) is 11.1 Å². The van der Waals surface area contributed by atoms with E-state index in [1.165, 1.54) is 10.6 Å². The summed E-state index contributed by atoms with van der Waals surface area (Å²) in [6.07, 6.45) is -0.325. The summed E-state index contributed by atoms with van der Waals surface area (Å²) in [5.41, 5.74) is -2.01. The van der Waals surface area contributed by atoms with Crippen molar-refractivity contribution in [3.63, 3.8) is 0 Å². The van der Waals surface area contributed by atoms with Gasteiger partial charge in [0.1, 0.15) is 23.1 Å². The van der Waals surface area contributed by atoms with Gasteiger partial charge in [-0.1, -0.05) is 6.58 Å². The van der Waals surface area contributed by atoms with Crippen molar-refractivity contribution in [2.45, 2.75) is 49.6 Å².